The minimum atomic E-state index is -0.0541. The van der Waals surface area contributed by atoms with Gasteiger partial charge in [-0.05, 0) is 88.1 Å². The molecule has 0 spiro atoms. The summed E-state index contributed by atoms with van der Waals surface area (Å²) in [5.41, 5.74) is 7.57. The van der Waals surface area contributed by atoms with Crippen LogP contribution in [0.4, 0.5) is 11.4 Å². The minimum Gasteiger partial charge on any atom is -0.373 e. The smallest absolute Gasteiger partial charge is 0.101 e. The summed E-state index contributed by atoms with van der Waals surface area (Å²) in [4.78, 5) is 4.74. The van der Waals surface area contributed by atoms with Crippen molar-refractivity contribution in [3.63, 3.8) is 0 Å². The SMILES string of the molecule is CCN(CC)c1ccc(/C=C/C=C/C(OC)c2ccc(N(CC)CC)cc2C)c(C)c1. The van der Waals surface area contributed by atoms with Crippen LogP contribution in [0.1, 0.15) is 56.1 Å². The highest BCUT2D eigenvalue weighted by atomic mass is 16.5. The van der Waals surface area contributed by atoms with E-state index in [-0.39, 0.29) is 6.10 Å². The first-order chi connectivity index (χ1) is 15.0. The van der Waals surface area contributed by atoms with Gasteiger partial charge in [-0.3, -0.25) is 0 Å². The second-order valence-electron chi connectivity index (χ2n) is 7.83. The molecular weight excluding hydrogens is 380 g/mol. The summed E-state index contributed by atoms with van der Waals surface area (Å²) in [6.45, 7) is 17.2. The average molecular weight is 421 g/mol. The van der Waals surface area contributed by atoms with Gasteiger partial charge in [0.2, 0.25) is 0 Å². The molecule has 2 aromatic rings. The zero-order valence-corrected chi connectivity index (χ0v) is 20.5. The molecule has 0 saturated carbocycles. The lowest BCUT2D eigenvalue weighted by Crippen LogP contribution is -2.21. The van der Waals surface area contributed by atoms with Crippen molar-refractivity contribution >= 4 is 17.5 Å². The number of nitrogens with zero attached hydrogens (tertiary/aromatic N) is 2. The van der Waals surface area contributed by atoms with Crippen LogP contribution in [0, 0.1) is 13.8 Å². The van der Waals surface area contributed by atoms with Crippen LogP contribution in [-0.4, -0.2) is 33.3 Å². The normalized spacial score (nSPS) is 12.6. The van der Waals surface area contributed by atoms with Gasteiger partial charge in [0.1, 0.15) is 6.10 Å². The number of hydrogen-bond donors (Lipinski definition) is 0. The standard InChI is InChI=1S/C28H40N2O/c1-8-29(9-2)25-17-16-24(22(5)20-25)14-12-13-15-28(31-7)27-19-18-26(21-23(27)6)30(10-3)11-4/h12-21,28H,8-11H2,1-7H3/b14-12+,15-13+. The first-order valence-electron chi connectivity index (χ1n) is 11.6. The zero-order chi connectivity index (χ0) is 22.8. The van der Waals surface area contributed by atoms with Crippen molar-refractivity contribution in [2.24, 2.45) is 0 Å². The Balaban J connectivity index is 2.13. The van der Waals surface area contributed by atoms with E-state index in [2.05, 4.69) is 112 Å². The van der Waals surface area contributed by atoms with Gasteiger partial charge >= 0.3 is 0 Å². The maximum Gasteiger partial charge on any atom is 0.101 e. The lowest BCUT2D eigenvalue weighted by atomic mass is 10.0. The molecule has 0 amide bonds. The molecule has 1 unspecified atom stereocenters. The van der Waals surface area contributed by atoms with E-state index in [0.29, 0.717) is 0 Å². The van der Waals surface area contributed by atoms with E-state index in [9.17, 15) is 0 Å². The van der Waals surface area contributed by atoms with E-state index >= 15 is 0 Å². The van der Waals surface area contributed by atoms with E-state index in [0.717, 1.165) is 26.2 Å². The number of anilines is 2. The third-order valence-electron chi connectivity index (χ3n) is 6.00. The number of benzene rings is 2. The molecule has 0 heterocycles. The molecule has 31 heavy (non-hydrogen) atoms. The third kappa shape index (κ3) is 6.48. The van der Waals surface area contributed by atoms with Crippen LogP contribution < -0.4 is 9.80 Å². The summed E-state index contributed by atoms with van der Waals surface area (Å²) in [5.74, 6) is 0. The van der Waals surface area contributed by atoms with Crippen molar-refractivity contribution in [3.8, 4) is 0 Å². The Morgan fingerprint density at radius 1 is 0.774 bits per heavy atom. The highest BCUT2D eigenvalue weighted by Crippen LogP contribution is 2.27. The van der Waals surface area contributed by atoms with E-state index in [1.165, 1.54) is 33.6 Å². The molecule has 2 rings (SSSR count). The van der Waals surface area contributed by atoms with Gasteiger partial charge in [0.05, 0.1) is 0 Å². The van der Waals surface area contributed by atoms with Gasteiger partial charge in [0, 0.05) is 44.7 Å². The predicted molar refractivity (Wildman–Crippen MR) is 137 cm³/mol. The highest BCUT2D eigenvalue weighted by molar-refractivity contribution is 5.61. The molecule has 0 aliphatic carbocycles. The molecule has 0 N–H and O–H groups in total. The number of aryl methyl sites for hydroxylation is 2. The molecular formula is C28H40N2O. The Labute approximate surface area is 190 Å². The quantitative estimate of drug-likeness (QED) is 0.366. The Morgan fingerprint density at radius 2 is 1.32 bits per heavy atom. The second-order valence-corrected chi connectivity index (χ2v) is 7.83. The Morgan fingerprint density at radius 3 is 1.81 bits per heavy atom. The fourth-order valence-electron chi connectivity index (χ4n) is 4.03. The van der Waals surface area contributed by atoms with Crippen molar-refractivity contribution in [2.45, 2.75) is 47.6 Å². The Hall–Kier alpha value is -2.52. The molecule has 0 saturated heterocycles. The summed E-state index contributed by atoms with van der Waals surface area (Å²) < 4.78 is 5.77. The highest BCUT2D eigenvalue weighted by Gasteiger charge is 2.11. The van der Waals surface area contributed by atoms with Gasteiger partial charge in [-0.1, -0.05) is 36.4 Å². The molecule has 2 aromatic carbocycles. The first-order valence-corrected chi connectivity index (χ1v) is 11.6. The van der Waals surface area contributed by atoms with Gasteiger partial charge in [-0.25, -0.2) is 0 Å². The summed E-state index contributed by atoms with van der Waals surface area (Å²) in [6, 6.07) is 13.3. The topological polar surface area (TPSA) is 15.7 Å². The van der Waals surface area contributed by atoms with E-state index < -0.39 is 0 Å². The Kier molecular flexibility index (Phi) is 9.87. The van der Waals surface area contributed by atoms with Crippen molar-refractivity contribution in [2.75, 3.05) is 43.1 Å². The van der Waals surface area contributed by atoms with Crippen molar-refractivity contribution in [3.05, 3.63) is 76.9 Å². The van der Waals surface area contributed by atoms with Crippen LogP contribution in [0.5, 0.6) is 0 Å². The molecule has 3 nitrogen and oxygen atoms in total. The van der Waals surface area contributed by atoms with Gasteiger partial charge < -0.3 is 14.5 Å². The number of allylic oxidation sites excluding steroid dienone is 2. The molecule has 0 aliphatic heterocycles. The van der Waals surface area contributed by atoms with E-state index in [1.54, 1.807) is 7.11 Å². The summed E-state index contributed by atoms with van der Waals surface area (Å²) in [5, 5.41) is 0. The van der Waals surface area contributed by atoms with E-state index in [1.807, 2.05) is 0 Å². The zero-order valence-electron chi connectivity index (χ0n) is 20.5. The van der Waals surface area contributed by atoms with Crippen LogP contribution in [0.25, 0.3) is 6.08 Å². The van der Waals surface area contributed by atoms with Crippen molar-refractivity contribution in [1.29, 1.82) is 0 Å². The first kappa shape index (κ1) is 24.7. The summed E-state index contributed by atoms with van der Waals surface area (Å²) >= 11 is 0. The third-order valence-corrected chi connectivity index (χ3v) is 6.00. The molecule has 0 bridgehead atoms. The lowest BCUT2D eigenvalue weighted by molar-refractivity contribution is 0.142. The molecule has 1 atom stereocenters. The largest absolute Gasteiger partial charge is 0.373 e. The van der Waals surface area contributed by atoms with Crippen LogP contribution >= 0.6 is 0 Å². The lowest BCUT2D eigenvalue weighted by Gasteiger charge is -2.23. The summed E-state index contributed by atoms with van der Waals surface area (Å²) in [7, 11) is 1.77. The van der Waals surface area contributed by atoms with Crippen LogP contribution in [0.2, 0.25) is 0 Å². The molecule has 0 fully saturated rings. The minimum absolute atomic E-state index is 0.0541. The molecule has 3 heteroatoms. The Bertz CT molecular complexity index is 877. The van der Waals surface area contributed by atoms with E-state index in [4.69, 9.17) is 4.74 Å². The average Bonchev–Trinajstić information content (AvgIpc) is 2.77. The van der Waals surface area contributed by atoms with Crippen molar-refractivity contribution in [1.82, 2.24) is 0 Å². The number of hydrogen-bond acceptors (Lipinski definition) is 3. The van der Waals surface area contributed by atoms with Gasteiger partial charge in [0.25, 0.3) is 0 Å². The summed E-state index contributed by atoms with van der Waals surface area (Å²) in [6.07, 6.45) is 8.42. The van der Waals surface area contributed by atoms with Gasteiger partial charge in [-0.2, -0.15) is 0 Å². The number of ether oxygens (including phenoxy) is 1. The fraction of sp³-hybridized carbons (Fsp3) is 0.429. The predicted octanol–water partition coefficient (Wildman–Crippen LogP) is 6.95. The van der Waals surface area contributed by atoms with Crippen LogP contribution in [0.15, 0.2) is 54.6 Å². The molecule has 0 aromatic heterocycles. The monoisotopic (exact) mass is 420 g/mol. The number of methoxy groups -OCH3 is 1. The van der Waals surface area contributed by atoms with Crippen LogP contribution in [-0.2, 0) is 4.74 Å². The van der Waals surface area contributed by atoms with Gasteiger partial charge in [0.15, 0.2) is 0 Å². The maximum atomic E-state index is 5.77. The van der Waals surface area contributed by atoms with Crippen LogP contribution in [0.3, 0.4) is 0 Å². The fourth-order valence-corrected chi connectivity index (χ4v) is 4.03. The maximum absolute atomic E-state index is 5.77. The second kappa shape index (κ2) is 12.4. The van der Waals surface area contributed by atoms with Gasteiger partial charge in [-0.15, -0.1) is 0 Å². The molecule has 168 valence electrons. The molecule has 0 radical (unpaired) electrons. The number of rotatable bonds is 11. The van der Waals surface area contributed by atoms with Crippen molar-refractivity contribution < 1.29 is 4.74 Å². The molecule has 0 aliphatic rings.